The van der Waals surface area contributed by atoms with Gasteiger partial charge in [0, 0.05) is 10.9 Å². The first-order chi connectivity index (χ1) is 10.1. The van der Waals surface area contributed by atoms with E-state index >= 15 is 0 Å². The van der Waals surface area contributed by atoms with Gasteiger partial charge in [0.25, 0.3) is 0 Å². The minimum absolute atomic E-state index is 0.106. The quantitative estimate of drug-likeness (QED) is 0.739. The summed E-state index contributed by atoms with van der Waals surface area (Å²) in [5.41, 5.74) is 1.31. The highest BCUT2D eigenvalue weighted by Crippen LogP contribution is 2.34. The largest absolute Gasteiger partial charge is 0.507 e. The summed E-state index contributed by atoms with van der Waals surface area (Å²) in [5, 5.41) is 12.0. The molecule has 2 nitrogen and oxygen atoms in total. The summed E-state index contributed by atoms with van der Waals surface area (Å²) in [6.07, 6.45) is 0. The third kappa shape index (κ3) is 2.52. The molecule has 0 unspecified atom stereocenters. The van der Waals surface area contributed by atoms with Gasteiger partial charge in [0.15, 0.2) is 0 Å². The summed E-state index contributed by atoms with van der Waals surface area (Å²) in [6, 6.07) is 9.08. The Kier molecular flexibility index (Phi) is 3.43. The lowest BCUT2D eigenvalue weighted by Crippen LogP contribution is -1.90. The Balaban J connectivity index is 2.07. The number of aryl methyl sites for hydroxylation is 1. The van der Waals surface area contributed by atoms with Crippen molar-refractivity contribution in [3.63, 3.8) is 0 Å². The van der Waals surface area contributed by atoms with Crippen molar-refractivity contribution in [1.29, 1.82) is 0 Å². The van der Waals surface area contributed by atoms with E-state index in [1.54, 1.807) is 29.6 Å². The fraction of sp³-hybridized carbons (Fsp3) is 0.0625. The first-order valence-corrected chi connectivity index (χ1v) is 7.14. The smallest absolute Gasteiger partial charge is 0.133 e. The number of nitrogens with zero attached hydrogens (tertiary/aromatic N) is 1. The van der Waals surface area contributed by atoms with Crippen LogP contribution in [-0.2, 0) is 0 Å². The van der Waals surface area contributed by atoms with Gasteiger partial charge in [0.05, 0.1) is 11.3 Å². The van der Waals surface area contributed by atoms with E-state index in [4.69, 9.17) is 0 Å². The summed E-state index contributed by atoms with van der Waals surface area (Å²) in [5.74, 6) is -0.875. The summed E-state index contributed by atoms with van der Waals surface area (Å²) >= 11 is 1.27. The maximum Gasteiger partial charge on any atom is 0.133 e. The van der Waals surface area contributed by atoms with Crippen LogP contribution in [0.1, 0.15) is 5.56 Å². The van der Waals surface area contributed by atoms with Crippen molar-refractivity contribution >= 4 is 11.3 Å². The predicted molar refractivity (Wildman–Crippen MR) is 79.3 cm³/mol. The summed E-state index contributed by atoms with van der Waals surface area (Å²) < 4.78 is 27.6. The lowest BCUT2D eigenvalue weighted by Gasteiger charge is -2.03. The SMILES string of the molecule is Cc1cc(F)c(-c2csc(-c3ccccc3O)n2)cc1F. The van der Waals surface area contributed by atoms with Crippen molar-refractivity contribution in [1.82, 2.24) is 4.98 Å². The third-order valence-corrected chi connectivity index (χ3v) is 4.04. The molecule has 0 saturated heterocycles. The number of aromatic hydroxyl groups is 1. The van der Waals surface area contributed by atoms with Gasteiger partial charge in [-0.05, 0) is 36.8 Å². The van der Waals surface area contributed by atoms with Gasteiger partial charge in [-0.3, -0.25) is 0 Å². The molecule has 0 bridgehead atoms. The molecule has 3 aromatic rings. The summed E-state index contributed by atoms with van der Waals surface area (Å²) in [4.78, 5) is 4.30. The van der Waals surface area contributed by atoms with E-state index < -0.39 is 11.6 Å². The van der Waals surface area contributed by atoms with Crippen LogP contribution in [0.4, 0.5) is 8.78 Å². The van der Waals surface area contributed by atoms with Gasteiger partial charge in [-0.2, -0.15) is 0 Å². The van der Waals surface area contributed by atoms with Gasteiger partial charge in [-0.1, -0.05) is 12.1 Å². The van der Waals surface area contributed by atoms with Gasteiger partial charge < -0.3 is 5.11 Å². The molecule has 3 rings (SSSR count). The third-order valence-electron chi connectivity index (χ3n) is 3.16. The summed E-state index contributed by atoms with van der Waals surface area (Å²) in [7, 11) is 0. The zero-order chi connectivity index (χ0) is 15.0. The Morgan fingerprint density at radius 3 is 2.57 bits per heavy atom. The summed E-state index contributed by atoms with van der Waals surface area (Å²) in [6.45, 7) is 1.51. The second kappa shape index (κ2) is 5.26. The standard InChI is InChI=1S/C16H11F2NOS/c1-9-6-13(18)11(7-12(9)17)14-8-21-16(19-14)10-4-2-3-5-15(10)20/h2-8,20H,1H3. The number of phenols is 1. The molecular weight excluding hydrogens is 292 g/mol. The van der Waals surface area contributed by atoms with Gasteiger partial charge in [-0.15, -0.1) is 11.3 Å². The van der Waals surface area contributed by atoms with Gasteiger partial charge in [-0.25, -0.2) is 13.8 Å². The molecule has 106 valence electrons. The maximum absolute atomic E-state index is 14.0. The number of benzene rings is 2. The molecule has 1 N–H and O–H groups in total. The lowest BCUT2D eigenvalue weighted by atomic mass is 10.1. The average molecular weight is 303 g/mol. The topological polar surface area (TPSA) is 33.1 Å². The Hall–Kier alpha value is -2.27. The molecule has 0 amide bonds. The molecule has 0 aliphatic heterocycles. The molecule has 0 atom stereocenters. The minimum Gasteiger partial charge on any atom is -0.507 e. The van der Waals surface area contributed by atoms with E-state index in [-0.39, 0.29) is 16.9 Å². The van der Waals surface area contributed by atoms with Crippen molar-refractivity contribution in [2.45, 2.75) is 6.92 Å². The van der Waals surface area contributed by atoms with E-state index in [9.17, 15) is 13.9 Å². The van der Waals surface area contributed by atoms with Crippen molar-refractivity contribution in [3.8, 4) is 27.6 Å². The number of thiazole rings is 1. The van der Waals surface area contributed by atoms with Crippen molar-refractivity contribution in [2.75, 3.05) is 0 Å². The lowest BCUT2D eigenvalue weighted by molar-refractivity contribution is 0.477. The molecule has 0 aliphatic carbocycles. The van der Waals surface area contributed by atoms with Crippen LogP contribution in [0.25, 0.3) is 21.8 Å². The Labute approximate surface area is 124 Å². The number of halogens is 2. The number of phenolic OH excluding ortho intramolecular Hbond substituents is 1. The van der Waals surface area contributed by atoms with Crippen LogP contribution in [0.2, 0.25) is 0 Å². The molecule has 2 aromatic carbocycles. The van der Waals surface area contributed by atoms with Crippen LogP contribution in [0.3, 0.4) is 0 Å². The number of rotatable bonds is 2. The highest BCUT2D eigenvalue weighted by atomic mass is 32.1. The normalized spacial score (nSPS) is 10.8. The average Bonchev–Trinajstić information content (AvgIpc) is 2.92. The van der Waals surface area contributed by atoms with Crippen molar-refractivity contribution in [3.05, 3.63) is 59.0 Å². The Morgan fingerprint density at radius 2 is 1.81 bits per heavy atom. The molecule has 0 radical (unpaired) electrons. The van der Waals surface area contributed by atoms with E-state index in [1.807, 2.05) is 0 Å². The molecule has 0 fully saturated rings. The van der Waals surface area contributed by atoms with Crippen molar-refractivity contribution in [2.24, 2.45) is 0 Å². The van der Waals surface area contributed by atoms with E-state index in [2.05, 4.69) is 4.98 Å². The second-order valence-electron chi connectivity index (χ2n) is 4.64. The highest BCUT2D eigenvalue weighted by molar-refractivity contribution is 7.13. The van der Waals surface area contributed by atoms with Gasteiger partial charge in [0.2, 0.25) is 0 Å². The van der Waals surface area contributed by atoms with Gasteiger partial charge >= 0.3 is 0 Å². The van der Waals surface area contributed by atoms with Crippen molar-refractivity contribution < 1.29 is 13.9 Å². The highest BCUT2D eigenvalue weighted by Gasteiger charge is 2.14. The second-order valence-corrected chi connectivity index (χ2v) is 5.49. The van der Waals surface area contributed by atoms with E-state index in [0.29, 0.717) is 16.3 Å². The van der Waals surface area contributed by atoms with E-state index in [0.717, 1.165) is 12.1 Å². The Morgan fingerprint density at radius 1 is 1.05 bits per heavy atom. The number of aromatic nitrogens is 1. The monoisotopic (exact) mass is 303 g/mol. The molecule has 0 saturated carbocycles. The van der Waals surface area contributed by atoms with Crippen LogP contribution >= 0.6 is 11.3 Å². The van der Waals surface area contributed by atoms with Crippen LogP contribution in [0.15, 0.2) is 41.8 Å². The minimum atomic E-state index is -0.511. The molecule has 0 aliphatic rings. The molecule has 5 heteroatoms. The number of para-hydroxylation sites is 1. The predicted octanol–water partition coefficient (Wildman–Crippen LogP) is 4.77. The van der Waals surface area contributed by atoms with Gasteiger partial charge in [0.1, 0.15) is 22.4 Å². The molecule has 21 heavy (non-hydrogen) atoms. The van der Waals surface area contributed by atoms with Crippen LogP contribution in [0, 0.1) is 18.6 Å². The molecule has 1 aromatic heterocycles. The fourth-order valence-corrected chi connectivity index (χ4v) is 2.87. The zero-order valence-electron chi connectivity index (χ0n) is 11.1. The van der Waals surface area contributed by atoms with E-state index in [1.165, 1.54) is 18.3 Å². The fourth-order valence-electron chi connectivity index (χ4n) is 2.02. The van der Waals surface area contributed by atoms with Crippen LogP contribution < -0.4 is 0 Å². The maximum atomic E-state index is 14.0. The Bertz CT molecular complexity index is 814. The molecule has 1 heterocycles. The molecule has 0 spiro atoms. The first-order valence-electron chi connectivity index (χ1n) is 6.26. The molecular formula is C16H11F2NOS. The van der Waals surface area contributed by atoms with Crippen LogP contribution in [-0.4, -0.2) is 10.1 Å². The number of hydrogen-bond donors (Lipinski definition) is 1. The zero-order valence-corrected chi connectivity index (χ0v) is 11.9. The number of hydrogen-bond acceptors (Lipinski definition) is 3. The first kappa shape index (κ1) is 13.7. The van der Waals surface area contributed by atoms with Crippen LogP contribution in [0.5, 0.6) is 5.75 Å².